The predicted molar refractivity (Wildman–Crippen MR) is 149 cm³/mol. The van der Waals surface area contributed by atoms with Crippen molar-refractivity contribution in [2.75, 3.05) is 11.6 Å². The number of nitrogens with one attached hydrogen (secondary N) is 1. The molecule has 1 N–H and O–H groups in total. The van der Waals surface area contributed by atoms with Gasteiger partial charge in [0.1, 0.15) is 0 Å². The number of fused-ring (bicyclic) bond motifs is 1. The van der Waals surface area contributed by atoms with Crippen molar-refractivity contribution in [1.82, 2.24) is 0 Å². The Hall–Kier alpha value is -3.44. The number of anilines is 1. The highest BCUT2D eigenvalue weighted by Gasteiger charge is 2.25. The molecule has 0 saturated carbocycles. The van der Waals surface area contributed by atoms with Crippen molar-refractivity contribution in [2.24, 2.45) is 5.92 Å². The molecule has 0 radical (unpaired) electrons. The molecule has 0 heterocycles. The highest BCUT2D eigenvalue weighted by molar-refractivity contribution is 7.89. The lowest BCUT2D eigenvalue weighted by Gasteiger charge is -2.22. The molecule has 0 aromatic heterocycles. The molecule has 4 rings (SSSR count). The Morgan fingerprint density at radius 2 is 1.53 bits per heavy atom. The summed E-state index contributed by atoms with van der Waals surface area (Å²) < 4.78 is 23.9. The Labute approximate surface area is 214 Å². The van der Waals surface area contributed by atoms with E-state index in [2.05, 4.69) is 37.4 Å². The van der Waals surface area contributed by atoms with E-state index < -0.39 is 9.84 Å². The Bertz CT molecular complexity index is 1450. The van der Waals surface area contributed by atoms with Gasteiger partial charge in [-0.15, -0.1) is 0 Å². The summed E-state index contributed by atoms with van der Waals surface area (Å²) in [7, 11) is -3.21. The fourth-order valence-electron chi connectivity index (χ4n) is 4.72. The van der Waals surface area contributed by atoms with Crippen molar-refractivity contribution < 1.29 is 13.2 Å². The summed E-state index contributed by atoms with van der Waals surface area (Å²) in [6, 6.07) is 29.9. The SMILES string of the molecule is CC(C)CC(C(=O)Nc1cc(CS(C)(=O)=O)ccc1Cc1ccccc1)c1cccc2ccccc12. The average molecular weight is 500 g/mol. The molecule has 0 aliphatic heterocycles. The topological polar surface area (TPSA) is 63.2 Å². The van der Waals surface area contributed by atoms with Gasteiger partial charge in [0, 0.05) is 11.9 Å². The van der Waals surface area contributed by atoms with Crippen molar-refractivity contribution in [3.05, 3.63) is 113 Å². The van der Waals surface area contributed by atoms with Gasteiger partial charge in [-0.3, -0.25) is 4.79 Å². The van der Waals surface area contributed by atoms with E-state index in [-0.39, 0.29) is 17.6 Å². The minimum atomic E-state index is -3.21. The second kappa shape index (κ2) is 11.1. The van der Waals surface area contributed by atoms with Gasteiger partial charge in [-0.05, 0) is 57.9 Å². The third-order valence-electron chi connectivity index (χ3n) is 6.32. The summed E-state index contributed by atoms with van der Waals surface area (Å²) in [6.45, 7) is 4.25. The molecule has 1 unspecified atom stereocenters. The van der Waals surface area contributed by atoms with Gasteiger partial charge in [0.25, 0.3) is 0 Å². The first kappa shape index (κ1) is 25.6. The van der Waals surface area contributed by atoms with Crippen LogP contribution in [0.2, 0.25) is 0 Å². The van der Waals surface area contributed by atoms with Gasteiger partial charge in [-0.2, -0.15) is 0 Å². The zero-order valence-electron chi connectivity index (χ0n) is 21.1. The Balaban J connectivity index is 1.73. The van der Waals surface area contributed by atoms with Crippen LogP contribution in [0.1, 0.15) is 48.4 Å². The first-order valence-electron chi connectivity index (χ1n) is 12.3. The Morgan fingerprint density at radius 1 is 0.833 bits per heavy atom. The molecule has 0 fully saturated rings. The second-order valence-corrected chi connectivity index (χ2v) is 12.1. The fourth-order valence-corrected chi connectivity index (χ4v) is 5.51. The van der Waals surface area contributed by atoms with Gasteiger partial charge in [-0.1, -0.05) is 98.8 Å². The van der Waals surface area contributed by atoms with E-state index in [0.29, 0.717) is 30.0 Å². The van der Waals surface area contributed by atoms with Gasteiger partial charge < -0.3 is 5.32 Å². The van der Waals surface area contributed by atoms with E-state index in [1.165, 1.54) is 6.26 Å². The van der Waals surface area contributed by atoms with E-state index in [4.69, 9.17) is 0 Å². The summed E-state index contributed by atoms with van der Waals surface area (Å²) >= 11 is 0. The summed E-state index contributed by atoms with van der Waals surface area (Å²) in [5.41, 5.74) is 4.41. The standard InChI is InChI=1S/C31H33NO3S/c1-22(2)18-29(28-15-9-13-25-12-7-8-14-27(25)28)31(33)32-30-20-24(21-36(3,34)35)16-17-26(30)19-23-10-5-4-6-11-23/h4-17,20,22,29H,18-19,21H2,1-3H3,(H,32,33). The smallest absolute Gasteiger partial charge is 0.231 e. The lowest BCUT2D eigenvalue weighted by atomic mass is 9.86. The zero-order chi connectivity index (χ0) is 25.7. The van der Waals surface area contributed by atoms with Crippen LogP contribution in [0.3, 0.4) is 0 Å². The monoisotopic (exact) mass is 499 g/mol. The molecular formula is C31H33NO3S. The quantitative estimate of drug-likeness (QED) is 0.277. The van der Waals surface area contributed by atoms with Crippen LogP contribution < -0.4 is 5.32 Å². The molecule has 0 aliphatic carbocycles. The molecule has 0 saturated heterocycles. The number of sulfone groups is 1. The first-order valence-corrected chi connectivity index (χ1v) is 14.4. The molecule has 0 aliphatic rings. The van der Waals surface area contributed by atoms with E-state index in [9.17, 15) is 13.2 Å². The van der Waals surface area contributed by atoms with Gasteiger partial charge in [0.2, 0.25) is 5.91 Å². The molecule has 0 bridgehead atoms. The van der Waals surface area contributed by atoms with Crippen LogP contribution in [0.25, 0.3) is 10.8 Å². The molecule has 1 amide bonds. The third-order valence-corrected chi connectivity index (χ3v) is 7.18. The van der Waals surface area contributed by atoms with Crippen LogP contribution in [-0.4, -0.2) is 20.6 Å². The normalized spacial score (nSPS) is 12.6. The number of benzene rings is 4. The van der Waals surface area contributed by atoms with Crippen LogP contribution >= 0.6 is 0 Å². The molecule has 4 aromatic rings. The predicted octanol–water partition coefficient (Wildman–Crippen LogP) is 6.74. The zero-order valence-corrected chi connectivity index (χ0v) is 21.9. The molecule has 0 spiro atoms. The number of hydrogen-bond acceptors (Lipinski definition) is 3. The molecular weight excluding hydrogens is 466 g/mol. The summed E-state index contributed by atoms with van der Waals surface area (Å²) in [6.07, 6.45) is 2.57. The van der Waals surface area contributed by atoms with Crippen LogP contribution in [0.4, 0.5) is 5.69 Å². The maximum atomic E-state index is 13.9. The molecule has 1 atom stereocenters. The minimum absolute atomic E-state index is 0.0692. The van der Waals surface area contributed by atoms with Crippen LogP contribution in [0.5, 0.6) is 0 Å². The van der Waals surface area contributed by atoms with Crippen molar-refractivity contribution >= 4 is 32.2 Å². The number of hydrogen-bond donors (Lipinski definition) is 1. The van der Waals surface area contributed by atoms with Crippen LogP contribution in [0.15, 0.2) is 91.0 Å². The fraction of sp³-hybridized carbons (Fsp3) is 0.258. The second-order valence-electron chi connectivity index (χ2n) is 9.96. The summed E-state index contributed by atoms with van der Waals surface area (Å²) in [4.78, 5) is 13.9. The first-order chi connectivity index (χ1) is 17.2. The number of carbonyl (C=O) groups excluding carboxylic acids is 1. The van der Waals surface area contributed by atoms with E-state index in [1.807, 2.05) is 72.8 Å². The van der Waals surface area contributed by atoms with Crippen molar-refractivity contribution in [3.63, 3.8) is 0 Å². The van der Waals surface area contributed by atoms with Gasteiger partial charge in [0.05, 0.1) is 11.7 Å². The van der Waals surface area contributed by atoms with Crippen molar-refractivity contribution in [1.29, 1.82) is 0 Å². The highest BCUT2D eigenvalue weighted by atomic mass is 32.2. The lowest BCUT2D eigenvalue weighted by Crippen LogP contribution is -2.23. The van der Waals surface area contributed by atoms with Gasteiger partial charge >= 0.3 is 0 Å². The van der Waals surface area contributed by atoms with E-state index in [0.717, 1.165) is 27.5 Å². The maximum absolute atomic E-state index is 13.9. The summed E-state index contributed by atoms with van der Waals surface area (Å²) in [5, 5.41) is 5.38. The maximum Gasteiger partial charge on any atom is 0.231 e. The highest BCUT2D eigenvalue weighted by Crippen LogP contribution is 2.32. The average Bonchev–Trinajstić information content (AvgIpc) is 2.83. The molecule has 5 heteroatoms. The van der Waals surface area contributed by atoms with Crippen molar-refractivity contribution in [3.8, 4) is 0 Å². The van der Waals surface area contributed by atoms with Crippen LogP contribution in [-0.2, 0) is 26.8 Å². The molecule has 36 heavy (non-hydrogen) atoms. The molecule has 4 nitrogen and oxygen atoms in total. The number of rotatable bonds is 9. The largest absolute Gasteiger partial charge is 0.325 e. The van der Waals surface area contributed by atoms with E-state index in [1.54, 1.807) is 0 Å². The van der Waals surface area contributed by atoms with Gasteiger partial charge in [-0.25, -0.2) is 8.42 Å². The molecule has 4 aromatic carbocycles. The Morgan fingerprint density at radius 3 is 2.25 bits per heavy atom. The number of amides is 1. The lowest BCUT2D eigenvalue weighted by molar-refractivity contribution is -0.117. The molecule has 186 valence electrons. The summed E-state index contributed by atoms with van der Waals surface area (Å²) in [5.74, 6) is -0.162. The minimum Gasteiger partial charge on any atom is -0.325 e. The third kappa shape index (κ3) is 6.61. The van der Waals surface area contributed by atoms with Crippen LogP contribution in [0, 0.1) is 5.92 Å². The van der Waals surface area contributed by atoms with Crippen molar-refractivity contribution in [2.45, 2.75) is 38.4 Å². The number of carbonyl (C=O) groups is 1. The van der Waals surface area contributed by atoms with E-state index >= 15 is 0 Å². The Kier molecular flexibility index (Phi) is 7.90. The van der Waals surface area contributed by atoms with Gasteiger partial charge in [0.15, 0.2) is 9.84 Å².